The highest BCUT2D eigenvalue weighted by Gasteiger charge is 2.26. The quantitative estimate of drug-likeness (QED) is 0.906. The van der Waals surface area contributed by atoms with Crippen LogP contribution in [-0.2, 0) is 16.1 Å². The Morgan fingerprint density at radius 1 is 1.09 bits per heavy atom. The first-order valence-electron chi connectivity index (χ1n) is 7.85. The van der Waals surface area contributed by atoms with Gasteiger partial charge in [0.2, 0.25) is 5.91 Å². The van der Waals surface area contributed by atoms with Gasteiger partial charge in [0, 0.05) is 37.9 Å². The van der Waals surface area contributed by atoms with Crippen LogP contribution in [0.25, 0.3) is 10.9 Å². The van der Waals surface area contributed by atoms with Gasteiger partial charge in [-0.05, 0) is 24.4 Å². The molecule has 2 heterocycles. The van der Waals surface area contributed by atoms with Crippen LogP contribution in [0.15, 0.2) is 36.5 Å². The van der Waals surface area contributed by atoms with E-state index in [-0.39, 0.29) is 11.8 Å². The van der Waals surface area contributed by atoms with Crippen molar-refractivity contribution >= 4 is 22.7 Å². The van der Waals surface area contributed by atoms with Gasteiger partial charge in [0.25, 0.3) is 5.91 Å². The number of amides is 2. The van der Waals surface area contributed by atoms with Crippen molar-refractivity contribution < 1.29 is 14.7 Å². The second-order valence-electron chi connectivity index (χ2n) is 5.88. The van der Waals surface area contributed by atoms with E-state index >= 15 is 0 Å². The summed E-state index contributed by atoms with van der Waals surface area (Å²) in [6.07, 6.45) is 0.943. The minimum absolute atomic E-state index is 0.0514. The van der Waals surface area contributed by atoms with Gasteiger partial charge in [-0.3, -0.25) is 9.59 Å². The van der Waals surface area contributed by atoms with Crippen LogP contribution in [0.4, 0.5) is 0 Å². The molecule has 2 aromatic rings. The number of aliphatic hydroxyl groups excluding tert-OH is 1. The molecule has 1 aromatic carbocycles. The zero-order chi connectivity index (χ0) is 16.4. The zero-order valence-electron chi connectivity index (χ0n) is 13.2. The lowest BCUT2D eigenvalue weighted by molar-refractivity contribution is -0.144. The van der Waals surface area contributed by atoms with Gasteiger partial charge >= 0.3 is 0 Å². The Morgan fingerprint density at radius 3 is 2.43 bits per heavy atom. The molecule has 6 nitrogen and oxygen atoms in total. The minimum Gasteiger partial charge on any atom is -0.384 e. The molecule has 0 spiro atoms. The highest BCUT2D eigenvalue weighted by Crippen LogP contribution is 2.15. The first-order chi connectivity index (χ1) is 11.1. The van der Waals surface area contributed by atoms with Crippen LogP contribution in [0.3, 0.4) is 0 Å². The molecule has 1 fully saturated rings. The van der Waals surface area contributed by atoms with E-state index in [0.29, 0.717) is 32.7 Å². The second-order valence-corrected chi connectivity index (χ2v) is 5.88. The largest absolute Gasteiger partial charge is 0.384 e. The summed E-state index contributed by atoms with van der Waals surface area (Å²) in [5.41, 5.74) is 1.05. The normalized spacial score (nSPS) is 16.6. The molecule has 0 saturated carbocycles. The number of aliphatic hydroxyl groups is 1. The molecule has 0 bridgehead atoms. The monoisotopic (exact) mass is 315 g/mol. The lowest BCUT2D eigenvalue weighted by Crippen LogP contribution is -2.53. The van der Waals surface area contributed by atoms with Gasteiger partial charge in [0.05, 0.1) is 0 Å². The maximum atomic E-state index is 12.5. The van der Waals surface area contributed by atoms with Crippen LogP contribution >= 0.6 is 0 Å². The first kappa shape index (κ1) is 15.6. The Labute approximate surface area is 134 Å². The summed E-state index contributed by atoms with van der Waals surface area (Å²) in [6.45, 7) is 3.74. The number of fused-ring (bicyclic) bond motifs is 1. The average molecular weight is 315 g/mol. The van der Waals surface area contributed by atoms with Crippen molar-refractivity contribution in [3.63, 3.8) is 0 Å². The van der Waals surface area contributed by atoms with E-state index in [1.807, 2.05) is 41.1 Å². The molecule has 122 valence electrons. The fourth-order valence-corrected chi connectivity index (χ4v) is 2.96. The molecule has 2 amide bonds. The Bertz CT molecular complexity index is 715. The van der Waals surface area contributed by atoms with E-state index in [1.165, 1.54) is 6.92 Å². The van der Waals surface area contributed by atoms with Gasteiger partial charge < -0.3 is 19.5 Å². The number of aromatic nitrogens is 1. The van der Waals surface area contributed by atoms with Crippen molar-refractivity contribution in [2.24, 2.45) is 0 Å². The third kappa shape index (κ3) is 3.22. The number of benzene rings is 1. The highest BCUT2D eigenvalue weighted by molar-refractivity contribution is 5.84. The molecule has 1 aliphatic heterocycles. The molecule has 1 unspecified atom stereocenters. The summed E-state index contributed by atoms with van der Waals surface area (Å²) in [7, 11) is 0. The van der Waals surface area contributed by atoms with Gasteiger partial charge in [0.15, 0.2) is 0 Å². The molecule has 1 aromatic heterocycles. The number of piperazine rings is 1. The highest BCUT2D eigenvalue weighted by atomic mass is 16.3. The lowest BCUT2D eigenvalue weighted by atomic mass is 10.2. The number of carbonyl (C=O) groups excluding carboxylic acids is 2. The number of hydrogen-bond donors (Lipinski definition) is 1. The third-order valence-corrected chi connectivity index (χ3v) is 4.29. The number of carbonyl (C=O) groups is 2. The number of nitrogens with zero attached hydrogens (tertiary/aromatic N) is 3. The predicted molar refractivity (Wildman–Crippen MR) is 86.8 cm³/mol. The molecule has 1 N–H and O–H groups in total. The van der Waals surface area contributed by atoms with E-state index in [9.17, 15) is 14.7 Å². The van der Waals surface area contributed by atoms with Gasteiger partial charge in [-0.25, -0.2) is 0 Å². The maximum Gasteiger partial charge on any atom is 0.251 e. The number of para-hydroxylation sites is 1. The van der Waals surface area contributed by atoms with Crippen LogP contribution in [0.5, 0.6) is 0 Å². The maximum absolute atomic E-state index is 12.5. The molecule has 6 heteroatoms. The Morgan fingerprint density at radius 2 is 1.74 bits per heavy atom. The van der Waals surface area contributed by atoms with Gasteiger partial charge in [-0.1, -0.05) is 18.2 Å². The predicted octanol–water partition coefficient (Wildman–Crippen LogP) is 0.693. The molecule has 1 atom stereocenters. The summed E-state index contributed by atoms with van der Waals surface area (Å²) in [6, 6.07) is 9.97. The fraction of sp³-hybridized carbons (Fsp3) is 0.412. The molecule has 3 rings (SSSR count). The smallest absolute Gasteiger partial charge is 0.251 e. The summed E-state index contributed by atoms with van der Waals surface area (Å²) < 4.78 is 1.95. The molecular formula is C17H21N3O3. The summed E-state index contributed by atoms with van der Waals surface area (Å²) >= 11 is 0. The van der Waals surface area contributed by atoms with Crippen molar-refractivity contribution in [3.05, 3.63) is 36.5 Å². The van der Waals surface area contributed by atoms with Crippen molar-refractivity contribution in [1.82, 2.24) is 14.4 Å². The van der Waals surface area contributed by atoms with E-state index in [4.69, 9.17) is 0 Å². The first-order valence-corrected chi connectivity index (χ1v) is 7.85. The molecule has 1 aliphatic rings. The van der Waals surface area contributed by atoms with Gasteiger partial charge in [0.1, 0.15) is 12.6 Å². The van der Waals surface area contributed by atoms with Crippen molar-refractivity contribution in [3.8, 4) is 0 Å². The molecule has 1 saturated heterocycles. The Balaban J connectivity index is 1.61. The van der Waals surface area contributed by atoms with Crippen LogP contribution in [0.1, 0.15) is 6.92 Å². The van der Waals surface area contributed by atoms with E-state index in [2.05, 4.69) is 0 Å². The van der Waals surface area contributed by atoms with Crippen molar-refractivity contribution in [2.45, 2.75) is 19.6 Å². The fourth-order valence-electron chi connectivity index (χ4n) is 2.96. The standard InChI is InChI=1S/C17H21N3O3/c1-13(21)17(23)19-10-8-18(9-11-19)16(22)12-20-7-6-14-4-2-3-5-15(14)20/h2-7,13,21H,8-12H2,1H3. The number of hydrogen-bond acceptors (Lipinski definition) is 3. The summed E-state index contributed by atoms with van der Waals surface area (Å²) in [5, 5.41) is 10.5. The van der Waals surface area contributed by atoms with Crippen LogP contribution in [-0.4, -0.2) is 63.6 Å². The van der Waals surface area contributed by atoms with Crippen LogP contribution < -0.4 is 0 Å². The average Bonchev–Trinajstić information content (AvgIpc) is 2.97. The minimum atomic E-state index is -0.983. The second kappa shape index (κ2) is 6.42. The topological polar surface area (TPSA) is 65.8 Å². The van der Waals surface area contributed by atoms with Crippen LogP contribution in [0, 0.1) is 0 Å². The molecule has 23 heavy (non-hydrogen) atoms. The van der Waals surface area contributed by atoms with Crippen LogP contribution in [0.2, 0.25) is 0 Å². The van der Waals surface area contributed by atoms with Gasteiger partial charge in [-0.2, -0.15) is 0 Å². The van der Waals surface area contributed by atoms with Crippen molar-refractivity contribution in [2.75, 3.05) is 26.2 Å². The molecule has 0 radical (unpaired) electrons. The zero-order valence-corrected chi connectivity index (χ0v) is 13.2. The molecule has 0 aliphatic carbocycles. The van der Waals surface area contributed by atoms with E-state index in [0.717, 1.165) is 10.9 Å². The number of rotatable bonds is 3. The summed E-state index contributed by atoms with van der Waals surface area (Å²) in [4.78, 5) is 27.6. The molecular weight excluding hydrogens is 294 g/mol. The van der Waals surface area contributed by atoms with E-state index < -0.39 is 6.10 Å². The summed E-state index contributed by atoms with van der Waals surface area (Å²) in [5.74, 6) is -0.219. The third-order valence-electron chi connectivity index (χ3n) is 4.29. The van der Waals surface area contributed by atoms with E-state index in [1.54, 1.807) is 9.80 Å². The Hall–Kier alpha value is -2.34. The van der Waals surface area contributed by atoms with Crippen molar-refractivity contribution in [1.29, 1.82) is 0 Å². The SMILES string of the molecule is CC(O)C(=O)N1CCN(C(=O)Cn2ccc3ccccc32)CC1. The Kier molecular flexibility index (Phi) is 4.34. The van der Waals surface area contributed by atoms with Gasteiger partial charge in [-0.15, -0.1) is 0 Å². The lowest BCUT2D eigenvalue weighted by Gasteiger charge is -2.35.